The van der Waals surface area contributed by atoms with Crippen molar-refractivity contribution in [3.63, 3.8) is 0 Å². The number of aryl methyl sites for hydroxylation is 1. The van der Waals surface area contributed by atoms with E-state index in [-0.39, 0.29) is 34.7 Å². The zero-order chi connectivity index (χ0) is 30.6. The number of nitrogens with zero attached hydrogens (tertiary/aromatic N) is 7. The Balaban J connectivity index is 1.45. The molecule has 40 heavy (non-hydrogen) atoms. The molecule has 216 valence electrons. The third-order valence-electron chi connectivity index (χ3n) is 7.20. The van der Waals surface area contributed by atoms with Crippen LogP contribution in [0.4, 0.5) is 26.2 Å². The number of benzene rings is 1. The Kier molecular flexibility index (Phi) is 6.58. The summed E-state index contributed by atoms with van der Waals surface area (Å²) in [5.41, 5.74) is -3.15. The molecule has 2 atom stereocenters. The highest BCUT2D eigenvalue weighted by Gasteiger charge is 2.43. The van der Waals surface area contributed by atoms with Crippen molar-refractivity contribution >= 4 is 17.5 Å². The molecule has 2 aliphatic rings. The number of piperidine rings is 1. The Labute approximate surface area is 233 Å². The lowest BCUT2D eigenvalue weighted by molar-refractivity contribution is 0.0283. The van der Waals surface area contributed by atoms with Crippen LogP contribution in [-0.2, 0) is 7.05 Å². The summed E-state index contributed by atoms with van der Waals surface area (Å²) in [4.78, 5) is 23.4. The van der Waals surface area contributed by atoms with E-state index < -0.39 is 35.2 Å². The van der Waals surface area contributed by atoms with Crippen LogP contribution in [0.5, 0.6) is 5.75 Å². The van der Waals surface area contributed by atoms with Crippen molar-refractivity contribution in [3.05, 3.63) is 40.4 Å². The third kappa shape index (κ3) is 5.77. The fourth-order valence-electron chi connectivity index (χ4n) is 5.49. The van der Waals surface area contributed by atoms with Crippen LogP contribution >= 0.6 is 0 Å². The number of halogens is 2. The number of rotatable bonds is 8. The molecule has 5 rings (SSSR count). The Morgan fingerprint density at radius 3 is 2.75 bits per heavy atom. The molecule has 0 spiro atoms. The van der Waals surface area contributed by atoms with Gasteiger partial charge < -0.3 is 20.5 Å². The van der Waals surface area contributed by atoms with Crippen molar-refractivity contribution in [2.45, 2.75) is 76.6 Å². The van der Waals surface area contributed by atoms with E-state index in [1.165, 1.54) is 20.9 Å². The molecule has 0 unspecified atom stereocenters. The Bertz CT molecular complexity index is 1540. The summed E-state index contributed by atoms with van der Waals surface area (Å²) in [5, 5.41) is 23.5. The molecule has 0 saturated carbocycles. The van der Waals surface area contributed by atoms with E-state index >= 15 is 4.39 Å². The van der Waals surface area contributed by atoms with Gasteiger partial charge in [0, 0.05) is 30.7 Å². The van der Waals surface area contributed by atoms with Crippen LogP contribution in [0.1, 0.15) is 56.1 Å². The number of fused-ring (bicyclic) bond motifs is 1. The first-order chi connectivity index (χ1) is 19.6. The van der Waals surface area contributed by atoms with Gasteiger partial charge in [-0.15, -0.1) is 0 Å². The molecular formula is C26H35F2N9O3. The van der Waals surface area contributed by atoms with E-state index in [0.717, 1.165) is 59.9 Å². The lowest BCUT2D eigenvalue weighted by Crippen LogP contribution is -2.55. The Morgan fingerprint density at radius 2 is 2.05 bits per heavy atom. The second-order valence-electron chi connectivity index (χ2n) is 11.5. The van der Waals surface area contributed by atoms with Crippen LogP contribution in [-0.4, -0.2) is 76.1 Å². The molecule has 0 bridgehead atoms. The highest BCUT2D eigenvalue weighted by Crippen LogP contribution is 2.38. The summed E-state index contributed by atoms with van der Waals surface area (Å²) in [6.45, 7) is 5.11. The minimum absolute atomic E-state index is 0.0225. The second kappa shape index (κ2) is 10.4. The van der Waals surface area contributed by atoms with E-state index in [0.29, 0.717) is 6.04 Å². The van der Waals surface area contributed by atoms with Crippen molar-refractivity contribution in [2.75, 3.05) is 23.7 Å². The van der Waals surface area contributed by atoms with Crippen LogP contribution in [0.3, 0.4) is 0 Å². The van der Waals surface area contributed by atoms with Gasteiger partial charge in [0.1, 0.15) is 18.0 Å². The maximum atomic E-state index is 15.4. The fourth-order valence-corrected chi connectivity index (χ4v) is 5.49. The maximum Gasteiger partial charge on any atom is 0.368 e. The number of hydrogen-bond acceptors (Lipinski definition) is 10. The van der Waals surface area contributed by atoms with Gasteiger partial charge in [0.2, 0.25) is 5.95 Å². The summed E-state index contributed by atoms with van der Waals surface area (Å²) in [5.74, 6) is -2.14. The van der Waals surface area contributed by atoms with Gasteiger partial charge in [-0.2, -0.15) is 14.3 Å². The first-order valence-corrected chi connectivity index (χ1v) is 13.1. The van der Waals surface area contributed by atoms with Gasteiger partial charge in [0.25, 0.3) is 0 Å². The van der Waals surface area contributed by atoms with Crippen LogP contribution in [0.25, 0.3) is 5.69 Å². The van der Waals surface area contributed by atoms with Gasteiger partial charge in [-0.25, -0.2) is 18.6 Å². The summed E-state index contributed by atoms with van der Waals surface area (Å²) in [6.07, 6.45) is 4.85. The SMILES string of the molecule is [2H]C([2H])(Oc1cc(F)c(Nc2ncc(F)c(N[C@@H]3C[C@@H]4CCCN4C(C)(C)C3)n2)cc1-n1nnn(C)c1=O)C(C)(C)O. The molecule has 0 amide bonds. The molecule has 2 aliphatic heterocycles. The number of anilines is 3. The zero-order valence-corrected chi connectivity index (χ0v) is 23.1. The Morgan fingerprint density at radius 1 is 1.27 bits per heavy atom. The van der Waals surface area contributed by atoms with E-state index in [9.17, 15) is 14.3 Å². The quantitative estimate of drug-likeness (QED) is 0.377. The first-order valence-electron chi connectivity index (χ1n) is 14.1. The molecule has 2 aromatic heterocycles. The van der Waals surface area contributed by atoms with E-state index in [1.54, 1.807) is 0 Å². The van der Waals surface area contributed by atoms with Crippen molar-refractivity contribution < 1.29 is 21.4 Å². The number of ether oxygens (including phenoxy) is 1. The van der Waals surface area contributed by atoms with Crippen molar-refractivity contribution in [1.29, 1.82) is 0 Å². The Hall–Kier alpha value is -3.65. The predicted octanol–water partition coefficient (Wildman–Crippen LogP) is 2.74. The van der Waals surface area contributed by atoms with Gasteiger partial charge >= 0.3 is 5.69 Å². The summed E-state index contributed by atoms with van der Waals surface area (Å²) in [7, 11) is 1.35. The van der Waals surface area contributed by atoms with E-state index in [1.807, 2.05) is 0 Å². The smallest absolute Gasteiger partial charge is 0.368 e. The zero-order valence-electron chi connectivity index (χ0n) is 25.1. The van der Waals surface area contributed by atoms with Gasteiger partial charge in [0.05, 0.1) is 20.2 Å². The number of tetrazole rings is 1. The predicted molar refractivity (Wildman–Crippen MR) is 144 cm³/mol. The lowest BCUT2D eigenvalue weighted by Gasteiger charge is -2.47. The molecule has 4 heterocycles. The van der Waals surface area contributed by atoms with Gasteiger partial charge in [0.15, 0.2) is 17.5 Å². The summed E-state index contributed by atoms with van der Waals surface area (Å²) >= 11 is 0. The molecule has 0 radical (unpaired) electrons. The van der Waals surface area contributed by atoms with Crippen LogP contribution in [0.15, 0.2) is 23.1 Å². The van der Waals surface area contributed by atoms with Crippen LogP contribution < -0.4 is 21.1 Å². The molecule has 0 aliphatic carbocycles. The minimum Gasteiger partial charge on any atom is -0.488 e. The molecule has 2 fully saturated rings. The number of aromatic nitrogens is 6. The third-order valence-corrected chi connectivity index (χ3v) is 7.20. The summed E-state index contributed by atoms with van der Waals surface area (Å²) in [6, 6.07) is 2.36. The average Bonchev–Trinajstić information content (AvgIpc) is 3.49. The normalized spacial score (nSPS) is 21.9. The number of nitrogens with one attached hydrogen (secondary N) is 2. The van der Waals surface area contributed by atoms with Crippen LogP contribution in [0.2, 0.25) is 0 Å². The molecule has 3 N–H and O–H groups in total. The molecule has 3 aromatic rings. The molecule has 1 aromatic carbocycles. The van der Waals surface area contributed by atoms with Crippen molar-refractivity contribution in [3.8, 4) is 11.4 Å². The summed E-state index contributed by atoms with van der Waals surface area (Å²) < 4.78 is 53.5. The minimum atomic E-state index is -2.68. The standard InChI is InChI=1S/C26H35F2N9O3/c1-25(2)12-15(9-16-7-6-8-36(16)25)30-22-18(28)13-29-23(32-22)31-19-11-20(37-24(38)35(5)33-34-37)21(10-17(19)27)40-14-26(3,4)39/h10-11,13,15-16,39H,6-9,12,14H2,1-5H3,(H2,29,30,31,32)/t15-,16+/m1/s1/i14D2. The molecule has 14 heteroatoms. The lowest BCUT2D eigenvalue weighted by atomic mass is 9.84. The topological polar surface area (TPSA) is 135 Å². The number of hydrogen-bond donors (Lipinski definition) is 3. The largest absolute Gasteiger partial charge is 0.488 e. The van der Waals surface area contributed by atoms with Gasteiger partial charge in [-0.3, -0.25) is 4.90 Å². The molecular weight excluding hydrogens is 524 g/mol. The highest BCUT2D eigenvalue weighted by atomic mass is 19.1. The second-order valence-corrected chi connectivity index (χ2v) is 11.5. The number of aliphatic hydroxyl groups is 1. The van der Waals surface area contributed by atoms with Crippen LogP contribution in [0, 0.1) is 11.6 Å². The monoisotopic (exact) mass is 561 g/mol. The van der Waals surface area contributed by atoms with Crippen molar-refractivity contribution in [2.24, 2.45) is 7.05 Å². The van der Waals surface area contributed by atoms with Crippen molar-refractivity contribution in [1.82, 2.24) is 34.7 Å². The average molecular weight is 562 g/mol. The maximum absolute atomic E-state index is 15.4. The van der Waals surface area contributed by atoms with Gasteiger partial charge in [-0.05, 0) is 76.4 Å². The van der Waals surface area contributed by atoms with E-state index in [4.69, 9.17) is 7.48 Å². The first kappa shape index (κ1) is 25.3. The molecule has 2 saturated heterocycles. The van der Waals surface area contributed by atoms with E-state index in [2.05, 4.69) is 49.8 Å². The fraction of sp³-hybridized carbons (Fsp3) is 0.577. The molecule has 12 nitrogen and oxygen atoms in total. The highest BCUT2D eigenvalue weighted by molar-refractivity contribution is 5.63. The van der Waals surface area contributed by atoms with Gasteiger partial charge in [-0.1, -0.05) is 0 Å².